The third kappa shape index (κ3) is 7.16. The summed E-state index contributed by atoms with van der Waals surface area (Å²) in [6, 6.07) is 34.3. The van der Waals surface area contributed by atoms with E-state index < -0.39 is 0 Å². The van der Waals surface area contributed by atoms with Crippen molar-refractivity contribution < 1.29 is 65.4 Å². The van der Waals surface area contributed by atoms with E-state index in [9.17, 15) is 0 Å². The van der Waals surface area contributed by atoms with Crippen molar-refractivity contribution in [1.82, 2.24) is 0 Å². The molecule has 0 nitrogen and oxygen atoms in total. The van der Waals surface area contributed by atoms with E-state index in [-0.39, 0.29) is 65.4 Å². The Bertz CT molecular complexity index is 1390. The van der Waals surface area contributed by atoms with Gasteiger partial charge in [-0.15, -0.1) is 76.4 Å². The standard InChI is InChI=1S/C18H16.C17H14.2Y/c1-2-7-16-12-14-8-3-4-9-15(14)13-17-10-5-6-11-18(16)17;1-2-13-11-14-7-3-4-8-15(14)12-16-9-5-6-10-17(13)16;;/h3-6,8-11H,1-2,7,13H2;3-10H,1-2,12H2;;/q2*-2;;. The van der Waals surface area contributed by atoms with Crippen LogP contribution in [0, 0.1) is 26.0 Å². The first kappa shape index (κ1) is 30.1. The van der Waals surface area contributed by atoms with Gasteiger partial charge in [0.05, 0.1) is 0 Å². The van der Waals surface area contributed by atoms with Crippen molar-refractivity contribution in [2.24, 2.45) is 0 Å². The maximum Gasteiger partial charge on any atom is 0 e. The number of rotatable bonds is 3. The fraction of sp³-hybridized carbons (Fsp3) is 0.143. The summed E-state index contributed by atoms with van der Waals surface area (Å²) in [7, 11) is 0. The summed E-state index contributed by atoms with van der Waals surface area (Å²) >= 11 is 0. The summed E-state index contributed by atoms with van der Waals surface area (Å²) in [5.41, 5.74) is 13.1. The molecule has 2 aliphatic rings. The molecule has 0 atom stereocenters. The van der Waals surface area contributed by atoms with E-state index in [2.05, 4.69) is 123 Å². The minimum absolute atomic E-state index is 0. The maximum absolute atomic E-state index is 4.02. The summed E-state index contributed by atoms with van der Waals surface area (Å²) in [5, 5.41) is 0. The Labute approximate surface area is 273 Å². The average Bonchev–Trinajstić information content (AvgIpc) is 3.16. The molecule has 0 unspecified atom stereocenters. The van der Waals surface area contributed by atoms with E-state index in [1.54, 1.807) is 0 Å². The molecule has 4 aromatic carbocycles. The van der Waals surface area contributed by atoms with Crippen molar-refractivity contribution in [3.8, 4) is 0 Å². The normalized spacial score (nSPS) is 12.6. The Kier molecular flexibility index (Phi) is 11.9. The Hall–Kier alpha value is -1.43. The maximum atomic E-state index is 4.02. The second kappa shape index (κ2) is 14.6. The molecule has 0 fully saturated rings. The Morgan fingerprint density at radius 3 is 1.41 bits per heavy atom. The van der Waals surface area contributed by atoms with Crippen LogP contribution >= 0.6 is 0 Å². The van der Waals surface area contributed by atoms with Crippen molar-refractivity contribution >= 4 is 11.1 Å². The Balaban J connectivity index is 0.000000195. The molecule has 37 heavy (non-hydrogen) atoms. The zero-order chi connectivity index (χ0) is 24.0. The van der Waals surface area contributed by atoms with E-state index in [4.69, 9.17) is 0 Å². The van der Waals surface area contributed by atoms with Gasteiger partial charge < -0.3 is 13.8 Å². The van der Waals surface area contributed by atoms with Crippen molar-refractivity contribution in [3.05, 3.63) is 168 Å². The van der Waals surface area contributed by atoms with Gasteiger partial charge >= 0.3 is 0 Å². The van der Waals surface area contributed by atoms with Crippen molar-refractivity contribution in [2.75, 3.05) is 0 Å². The number of allylic oxidation sites excluding steroid dienone is 2. The van der Waals surface area contributed by atoms with Gasteiger partial charge in [-0.25, -0.2) is 0 Å². The van der Waals surface area contributed by atoms with Gasteiger partial charge in [0, 0.05) is 65.4 Å². The quantitative estimate of drug-likeness (QED) is 0.200. The molecule has 0 heterocycles. The minimum atomic E-state index is 0. The molecule has 0 saturated heterocycles. The number of benzene rings is 4. The topological polar surface area (TPSA) is 0 Å². The van der Waals surface area contributed by atoms with E-state index >= 15 is 0 Å². The number of fused-ring (bicyclic) bond motifs is 4. The van der Waals surface area contributed by atoms with Gasteiger partial charge in [0.25, 0.3) is 0 Å². The van der Waals surface area contributed by atoms with Crippen LogP contribution in [0.5, 0.6) is 0 Å². The number of hydrogen-bond donors (Lipinski definition) is 0. The molecular formula is C35H30Y2-4. The molecular weight excluding hydrogens is 598 g/mol. The van der Waals surface area contributed by atoms with Gasteiger partial charge in [0.1, 0.15) is 0 Å². The van der Waals surface area contributed by atoms with Gasteiger partial charge in [-0.05, 0) is 12.8 Å². The van der Waals surface area contributed by atoms with E-state index in [0.717, 1.165) is 32.1 Å². The second-order valence-electron chi connectivity index (χ2n) is 9.04. The molecule has 180 valence electrons. The molecule has 2 radical (unpaired) electrons. The SMILES string of the molecule is [CH2-]CC1=[C-]c2ccccc2Cc2ccccc21.[CH2-]CCC1=[C-]c2ccccc2Cc2ccccc21.[Y].[Y]. The molecule has 0 spiro atoms. The van der Waals surface area contributed by atoms with Crippen LogP contribution in [0.15, 0.2) is 97.1 Å². The zero-order valence-electron chi connectivity index (χ0n) is 21.3. The van der Waals surface area contributed by atoms with Gasteiger partial charge in [-0.3, -0.25) is 0 Å². The fourth-order valence-electron chi connectivity index (χ4n) is 4.97. The van der Waals surface area contributed by atoms with Crippen molar-refractivity contribution in [2.45, 2.75) is 32.1 Å². The molecule has 6 rings (SSSR count). The molecule has 0 aliphatic heterocycles. The summed E-state index contributed by atoms with van der Waals surface area (Å²) in [6.07, 6.45) is 11.8. The summed E-state index contributed by atoms with van der Waals surface area (Å²) < 4.78 is 0. The summed E-state index contributed by atoms with van der Waals surface area (Å²) in [5.74, 6) is 0. The molecule has 0 saturated carbocycles. The van der Waals surface area contributed by atoms with Crippen LogP contribution in [-0.2, 0) is 78.3 Å². The predicted octanol–water partition coefficient (Wildman–Crippen LogP) is 8.48. The largest absolute Gasteiger partial charge is 0.343 e. The molecule has 0 aromatic heterocycles. The average molecular weight is 628 g/mol. The van der Waals surface area contributed by atoms with E-state index in [0.29, 0.717) is 0 Å². The molecule has 0 amide bonds. The molecule has 2 heteroatoms. The zero-order valence-corrected chi connectivity index (χ0v) is 27.0. The van der Waals surface area contributed by atoms with Crippen LogP contribution in [0.2, 0.25) is 0 Å². The second-order valence-corrected chi connectivity index (χ2v) is 9.04. The minimum Gasteiger partial charge on any atom is -0.343 e. The summed E-state index contributed by atoms with van der Waals surface area (Å²) in [6.45, 7) is 8.00. The monoisotopic (exact) mass is 628 g/mol. The fourth-order valence-corrected chi connectivity index (χ4v) is 4.97. The van der Waals surface area contributed by atoms with Crippen LogP contribution in [0.25, 0.3) is 11.1 Å². The van der Waals surface area contributed by atoms with Crippen LogP contribution in [-0.4, -0.2) is 0 Å². The van der Waals surface area contributed by atoms with Crippen molar-refractivity contribution in [3.63, 3.8) is 0 Å². The predicted molar refractivity (Wildman–Crippen MR) is 147 cm³/mol. The molecule has 0 N–H and O–H groups in total. The van der Waals surface area contributed by atoms with Crippen LogP contribution < -0.4 is 0 Å². The van der Waals surface area contributed by atoms with Gasteiger partial charge in [0.2, 0.25) is 0 Å². The van der Waals surface area contributed by atoms with Crippen molar-refractivity contribution in [1.29, 1.82) is 0 Å². The Morgan fingerprint density at radius 2 is 0.919 bits per heavy atom. The first-order valence-electron chi connectivity index (χ1n) is 12.4. The third-order valence-electron chi connectivity index (χ3n) is 6.73. The van der Waals surface area contributed by atoms with Crippen LogP contribution in [0.4, 0.5) is 0 Å². The van der Waals surface area contributed by atoms with E-state index in [1.165, 1.54) is 55.7 Å². The molecule has 4 aromatic rings. The third-order valence-corrected chi connectivity index (χ3v) is 6.73. The number of hydrogen-bond acceptors (Lipinski definition) is 0. The first-order chi connectivity index (χ1) is 17.3. The van der Waals surface area contributed by atoms with Gasteiger partial charge in [0.15, 0.2) is 0 Å². The smallest absolute Gasteiger partial charge is 0 e. The van der Waals surface area contributed by atoms with Crippen LogP contribution in [0.1, 0.15) is 63.8 Å². The summed E-state index contributed by atoms with van der Waals surface area (Å²) in [4.78, 5) is 0. The first-order valence-corrected chi connectivity index (χ1v) is 12.4. The van der Waals surface area contributed by atoms with Gasteiger partial charge in [-0.2, -0.15) is 18.4 Å². The molecule has 0 bridgehead atoms. The van der Waals surface area contributed by atoms with Crippen LogP contribution in [0.3, 0.4) is 0 Å². The van der Waals surface area contributed by atoms with Gasteiger partial charge in [-0.1, -0.05) is 89.3 Å². The van der Waals surface area contributed by atoms with E-state index in [1.807, 2.05) is 0 Å². The Morgan fingerprint density at radius 1 is 0.514 bits per heavy atom. The molecule has 2 aliphatic carbocycles.